The van der Waals surface area contributed by atoms with Gasteiger partial charge >= 0.3 is 0 Å². The number of nitrogens with zero attached hydrogens (tertiary/aromatic N) is 1. The molecule has 20 heavy (non-hydrogen) atoms. The van der Waals surface area contributed by atoms with Crippen LogP contribution in [-0.2, 0) is 4.74 Å². The normalized spacial score (nSPS) is 15.1. The van der Waals surface area contributed by atoms with E-state index in [0.29, 0.717) is 5.69 Å². The smallest absolute Gasteiger partial charge is 0.272 e. The number of carbonyl (C=O) groups is 1. The van der Waals surface area contributed by atoms with Crippen LogP contribution in [0, 0.1) is 0 Å². The molecule has 0 saturated carbocycles. The number of benzene rings is 1. The number of aromatic nitrogens is 1. The molecule has 1 aliphatic rings. The Hall–Kier alpha value is -2.27. The SMILES string of the molecule is O=C(Nc1ccc(N2CCOCC2)cc1)c1ccc[nH]1. The zero-order valence-corrected chi connectivity index (χ0v) is 11.1. The van der Waals surface area contributed by atoms with E-state index >= 15 is 0 Å². The standard InChI is InChI=1S/C15H17N3O2/c19-15(14-2-1-7-16-14)17-12-3-5-13(6-4-12)18-8-10-20-11-9-18/h1-7,16H,8-11H2,(H,17,19). The Morgan fingerprint density at radius 3 is 2.55 bits per heavy atom. The van der Waals surface area contributed by atoms with Gasteiger partial charge in [0.1, 0.15) is 5.69 Å². The lowest BCUT2D eigenvalue weighted by atomic mass is 10.2. The molecule has 2 aromatic rings. The summed E-state index contributed by atoms with van der Waals surface area (Å²) in [6.07, 6.45) is 1.73. The van der Waals surface area contributed by atoms with Gasteiger partial charge in [0.05, 0.1) is 13.2 Å². The van der Waals surface area contributed by atoms with E-state index in [1.807, 2.05) is 24.3 Å². The van der Waals surface area contributed by atoms with Crippen molar-refractivity contribution in [2.24, 2.45) is 0 Å². The number of nitrogens with one attached hydrogen (secondary N) is 2. The molecular formula is C15H17N3O2. The Kier molecular flexibility index (Phi) is 3.69. The summed E-state index contributed by atoms with van der Waals surface area (Å²) < 4.78 is 5.34. The second-order valence-corrected chi connectivity index (χ2v) is 4.68. The molecule has 2 N–H and O–H groups in total. The second kappa shape index (κ2) is 5.79. The van der Waals surface area contributed by atoms with Crippen molar-refractivity contribution in [3.05, 3.63) is 48.3 Å². The van der Waals surface area contributed by atoms with Crippen molar-refractivity contribution in [1.82, 2.24) is 4.98 Å². The number of H-pyrrole nitrogens is 1. The minimum Gasteiger partial charge on any atom is -0.378 e. The van der Waals surface area contributed by atoms with Crippen LogP contribution in [0.25, 0.3) is 0 Å². The fourth-order valence-electron chi connectivity index (χ4n) is 2.25. The lowest BCUT2D eigenvalue weighted by molar-refractivity contribution is 0.102. The number of morpholine rings is 1. The van der Waals surface area contributed by atoms with Crippen molar-refractivity contribution in [3.63, 3.8) is 0 Å². The molecule has 5 nitrogen and oxygen atoms in total. The van der Waals surface area contributed by atoms with Crippen LogP contribution in [0.5, 0.6) is 0 Å². The van der Waals surface area contributed by atoms with Crippen molar-refractivity contribution in [2.45, 2.75) is 0 Å². The first kappa shape index (κ1) is 12.7. The molecule has 1 fully saturated rings. The van der Waals surface area contributed by atoms with Gasteiger partial charge in [0.15, 0.2) is 0 Å². The molecule has 0 spiro atoms. The van der Waals surface area contributed by atoms with Gasteiger partial charge in [-0.2, -0.15) is 0 Å². The van der Waals surface area contributed by atoms with Gasteiger partial charge in [-0.25, -0.2) is 0 Å². The lowest BCUT2D eigenvalue weighted by Gasteiger charge is -2.28. The summed E-state index contributed by atoms with van der Waals surface area (Å²) in [6.45, 7) is 3.36. The fraction of sp³-hybridized carbons (Fsp3) is 0.267. The molecule has 3 rings (SSSR count). The van der Waals surface area contributed by atoms with Crippen molar-refractivity contribution >= 4 is 17.3 Å². The summed E-state index contributed by atoms with van der Waals surface area (Å²) in [4.78, 5) is 17.1. The number of amides is 1. The Morgan fingerprint density at radius 1 is 1.15 bits per heavy atom. The zero-order chi connectivity index (χ0) is 13.8. The first-order chi connectivity index (χ1) is 9.83. The number of ether oxygens (including phenoxy) is 1. The number of aromatic amines is 1. The van der Waals surface area contributed by atoms with E-state index in [1.165, 1.54) is 0 Å². The zero-order valence-electron chi connectivity index (χ0n) is 11.1. The molecule has 2 heterocycles. The number of rotatable bonds is 3. The van der Waals surface area contributed by atoms with E-state index < -0.39 is 0 Å². The predicted octanol–water partition coefficient (Wildman–Crippen LogP) is 2.10. The molecule has 1 saturated heterocycles. The van der Waals surface area contributed by atoms with E-state index in [1.54, 1.807) is 18.3 Å². The number of anilines is 2. The van der Waals surface area contributed by atoms with Gasteiger partial charge in [0.2, 0.25) is 0 Å². The molecular weight excluding hydrogens is 254 g/mol. The van der Waals surface area contributed by atoms with Crippen LogP contribution in [0.3, 0.4) is 0 Å². The van der Waals surface area contributed by atoms with Crippen LogP contribution in [0.1, 0.15) is 10.5 Å². The minimum absolute atomic E-state index is 0.130. The highest BCUT2D eigenvalue weighted by Gasteiger charge is 2.11. The molecule has 1 aromatic heterocycles. The first-order valence-corrected chi connectivity index (χ1v) is 6.70. The quantitative estimate of drug-likeness (QED) is 0.899. The van der Waals surface area contributed by atoms with E-state index in [2.05, 4.69) is 15.2 Å². The van der Waals surface area contributed by atoms with E-state index in [4.69, 9.17) is 4.74 Å². The second-order valence-electron chi connectivity index (χ2n) is 4.68. The fourth-order valence-corrected chi connectivity index (χ4v) is 2.25. The van der Waals surface area contributed by atoms with Crippen molar-refractivity contribution in [1.29, 1.82) is 0 Å². The molecule has 0 bridgehead atoms. The average molecular weight is 271 g/mol. The Bertz CT molecular complexity index is 557. The molecule has 5 heteroatoms. The molecule has 0 atom stereocenters. The molecule has 0 aliphatic carbocycles. The van der Waals surface area contributed by atoms with Crippen molar-refractivity contribution in [2.75, 3.05) is 36.5 Å². The third kappa shape index (κ3) is 2.83. The summed E-state index contributed by atoms with van der Waals surface area (Å²) in [5.74, 6) is -0.130. The lowest BCUT2D eigenvalue weighted by Crippen LogP contribution is -2.36. The number of hydrogen-bond acceptors (Lipinski definition) is 3. The van der Waals surface area contributed by atoms with E-state index in [9.17, 15) is 4.79 Å². The Morgan fingerprint density at radius 2 is 1.90 bits per heavy atom. The summed E-state index contributed by atoms with van der Waals surface area (Å²) in [7, 11) is 0. The maximum atomic E-state index is 11.9. The summed E-state index contributed by atoms with van der Waals surface area (Å²) in [5.41, 5.74) is 2.51. The predicted molar refractivity (Wildman–Crippen MR) is 78.2 cm³/mol. The van der Waals surface area contributed by atoms with Gasteiger partial charge in [0, 0.05) is 30.7 Å². The van der Waals surface area contributed by atoms with E-state index in [-0.39, 0.29) is 5.91 Å². The largest absolute Gasteiger partial charge is 0.378 e. The monoisotopic (exact) mass is 271 g/mol. The molecule has 0 radical (unpaired) electrons. The van der Waals surface area contributed by atoms with Crippen LogP contribution >= 0.6 is 0 Å². The Labute approximate surface area is 117 Å². The van der Waals surface area contributed by atoms with Gasteiger partial charge in [-0.15, -0.1) is 0 Å². The molecule has 1 amide bonds. The highest BCUT2D eigenvalue weighted by atomic mass is 16.5. The minimum atomic E-state index is -0.130. The van der Waals surface area contributed by atoms with E-state index in [0.717, 1.165) is 37.7 Å². The summed E-state index contributed by atoms with van der Waals surface area (Å²) in [5, 5.41) is 2.86. The summed E-state index contributed by atoms with van der Waals surface area (Å²) >= 11 is 0. The number of carbonyl (C=O) groups excluding carboxylic acids is 1. The van der Waals surface area contributed by atoms with Crippen LogP contribution in [0.15, 0.2) is 42.6 Å². The third-order valence-corrected chi connectivity index (χ3v) is 3.34. The maximum Gasteiger partial charge on any atom is 0.272 e. The molecule has 0 unspecified atom stereocenters. The number of hydrogen-bond donors (Lipinski definition) is 2. The first-order valence-electron chi connectivity index (χ1n) is 6.70. The van der Waals surface area contributed by atoms with Crippen LogP contribution in [0.2, 0.25) is 0 Å². The highest BCUT2D eigenvalue weighted by molar-refractivity contribution is 6.02. The molecule has 1 aromatic carbocycles. The van der Waals surface area contributed by atoms with Crippen LogP contribution in [-0.4, -0.2) is 37.2 Å². The van der Waals surface area contributed by atoms with Crippen LogP contribution in [0.4, 0.5) is 11.4 Å². The van der Waals surface area contributed by atoms with Gasteiger partial charge in [-0.05, 0) is 36.4 Å². The Balaban J connectivity index is 1.65. The molecule has 104 valence electrons. The topological polar surface area (TPSA) is 57.4 Å². The van der Waals surface area contributed by atoms with Crippen molar-refractivity contribution < 1.29 is 9.53 Å². The van der Waals surface area contributed by atoms with Gasteiger partial charge in [0.25, 0.3) is 5.91 Å². The van der Waals surface area contributed by atoms with Gasteiger partial charge < -0.3 is 19.9 Å². The summed E-state index contributed by atoms with van der Waals surface area (Å²) in [6, 6.07) is 11.4. The van der Waals surface area contributed by atoms with Gasteiger partial charge in [-0.3, -0.25) is 4.79 Å². The highest BCUT2D eigenvalue weighted by Crippen LogP contribution is 2.19. The maximum absolute atomic E-state index is 11.9. The molecule has 1 aliphatic heterocycles. The van der Waals surface area contributed by atoms with Crippen LogP contribution < -0.4 is 10.2 Å². The third-order valence-electron chi connectivity index (χ3n) is 3.34. The van der Waals surface area contributed by atoms with Gasteiger partial charge in [-0.1, -0.05) is 0 Å². The average Bonchev–Trinajstić information content (AvgIpc) is 3.03. The van der Waals surface area contributed by atoms with Crippen molar-refractivity contribution in [3.8, 4) is 0 Å².